The van der Waals surface area contributed by atoms with Gasteiger partial charge in [0.1, 0.15) is 0 Å². The Morgan fingerprint density at radius 2 is 2.10 bits per heavy atom. The van der Waals surface area contributed by atoms with Gasteiger partial charge < -0.3 is 14.5 Å². The van der Waals surface area contributed by atoms with Crippen molar-refractivity contribution < 1.29 is 4.74 Å². The SMILES string of the molecule is CCN(CC(C)C#N)c1nc(Cl)nc(N2CCOCC2)n1. The van der Waals surface area contributed by atoms with Crippen molar-refractivity contribution in [3.63, 3.8) is 0 Å². The molecule has 21 heavy (non-hydrogen) atoms. The van der Waals surface area contributed by atoms with Gasteiger partial charge in [-0.15, -0.1) is 0 Å². The highest BCUT2D eigenvalue weighted by Crippen LogP contribution is 2.18. The van der Waals surface area contributed by atoms with Crippen molar-refractivity contribution in [3.05, 3.63) is 5.28 Å². The zero-order valence-electron chi connectivity index (χ0n) is 12.3. The third-order valence-electron chi connectivity index (χ3n) is 3.26. The van der Waals surface area contributed by atoms with E-state index in [9.17, 15) is 0 Å². The van der Waals surface area contributed by atoms with E-state index in [4.69, 9.17) is 21.6 Å². The number of aromatic nitrogens is 3. The van der Waals surface area contributed by atoms with E-state index in [2.05, 4.69) is 21.0 Å². The van der Waals surface area contributed by atoms with Crippen molar-refractivity contribution in [2.24, 2.45) is 5.92 Å². The van der Waals surface area contributed by atoms with Crippen LogP contribution in [-0.4, -0.2) is 54.3 Å². The van der Waals surface area contributed by atoms with E-state index in [1.165, 1.54) is 0 Å². The van der Waals surface area contributed by atoms with E-state index in [1.807, 2.05) is 23.6 Å². The first kappa shape index (κ1) is 15.7. The Hall–Kier alpha value is -1.65. The zero-order valence-corrected chi connectivity index (χ0v) is 13.0. The minimum Gasteiger partial charge on any atom is -0.378 e. The van der Waals surface area contributed by atoms with Gasteiger partial charge in [0.05, 0.1) is 25.2 Å². The second-order valence-electron chi connectivity index (χ2n) is 4.87. The molecular formula is C13H19ClN6O. The highest BCUT2D eigenvalue weighted by molar-refractivity contribution is 6.28. The van der Waals surface area contributed by atoms with E-state index in [1.54, 1.807) is 0 Å². The monoisotopic (exact) mass is 310 g/mol. The Morgan fingerprint density at radius 1 is 1.38 bits per heavy atom. The number of morpholine rings is 1. The van der Waals surface area contributed by atoms with Crippen molar-refractivity contribution in [1.29, 1.82) is 5.26 Å². The van der Waals surface area contributed by atoms with E-state index in [0.29, 0.717) is 38.2 Å². The van der Waals surface area contributed by atoms with Crippen LogP contribution < -0.4 is 9.80 Å². The molecule has 0 amide bonds. The molecule has 2 heterocycles. The van der Waals surface area contributed by atoms with Crippen LogP contribution in [0.4, 0.5) is 11.9 Å². The lowest BCUT2D eigenvalue weighted by Crippen LogP contribution is -2.38. The summed E-state index contributed by atoms with van der Waals surface area (Å²) < 4.78 is 5.33. The zero-order chi connectivity index (χ0) is 15.2. The van der Waals surface area contributed by atoms with Gasteiger partial charge in [-0.1, -0.05) is 0 Å². The molecule has 1 unspecified atom stereocenters. The smallest absolute Gasteiger partial charge is 0.231 e. The van der Waals surface area contributed by atoms with E-state index in [0.717, 1.165) is 13.1 Å². The maximum absolute atomic E-state index is 8.96. The van der Waals surface area contributed by atoms with Crippen LogP contribution >= 0.6 is 11.6 Å². The first-order valence-corrected chi connectivity index (χ1v) is 7.40. The second-order valence-corrected chi connectivity index (χ2v) is 5.21. The number of nitriles is 1. The first-order chi connectivity index (χ1) is 10.1. The predicted molar refractivity (Wildman–Crippen MR) is 80.5 cm³/mol. The molecule has 0 radical (unpaired) electrons. The Labute approximate surface area is 129 Å². The van der Waals surface area contributed by atoms with Crippen molar-refractivity contribution in [1.82, 2.24) is 15.0 Å². The normalized spacial score (nSPS) is 16.4. The Morgan fingerprint density at radius 3 is 2.71 bits per heavy atom. The molecule has 1 aromatic heterocycles. The summed E-state index contributed by atoms with van der Waals surface area (Å²) >= 11 is 6.03. The number of anilines is 2. The highest BCUT2D eigenvalue weighted by Gasteiger charge is 2.19. The molecule has 114 valence electrons. The summed E-state index contributed by atoms with van der Waals surface area (Å²) in [4.78, 5) is 16.8. The van der Waals surface area contributed by atoms with Crippen LogP contribution in [0.2, 0.25) is 5.28 Å². The van der Waals surface area contributed by atoms with Crippen LogP contribution in [0.3, 0.4) is 0 Å². The quantitative estimate of drug-likeness (QED) is 0.812. The van der Waals surface area contributed by atoms with E-state index < -0.39 is 0 Å². The standard InChI is InChI=1S/C13H19ClN6O/c1-3-19(9-10(2)8-15)12-16-11(14)17-13(18-12)20-4-6-21-7-5-20/h10H,3-7,9H2,1-2H3. The molecule has 8 heteroatoms. The van der Waals surface area contributed by atoms with Crippen LogP contribution in [0.25, 0.3) is 0 Å². The predicted octanol–water partition coefficient (Wildman–Crippen LogP) is 1.35. The van der Waals surface area contributed by atoms with Gasteiger partial charge in [0.2, 0.25) is 17.2 Å². The maximum Gasteiger partial charge on any atom is 0.231 e. The summed E-state index contributed by atoms with van der Waals surface area (Å²) in [6.45, 7) is 7.92. The number of hydrogen-bond donors (Lipinski definition) is 0. The topological polar surface area (TPSA) is 78.2 Å². The molecule has 0 bridgehead atoms. The number of ether oxygens (including phenoxy) is 1. The Bertz CT molecular complexity index is 514. The number of rotatable bonds is 5. The summed E-state index contributed by atoms with van der Waals surface area (Å²) in [6.07, 6.45) is 0. The lowest BCUT2D eigenvalue weighted by atomic mass is 10.2. The molecular weight excluding hydrogens is 292 g/mol. The molecule has 1 fully saturated rings. The van der Waals surface area contributed by atoms with Gasteiger partial charge >= 0.3 is 0 Å². The van der Waals surface area contributed by atoms with Crippen LogP contribution in [0.1, 0.15) is 13.8 Å². The summed E-state index contributed by atoms with van der Waals surface area (Å²) in [5.74, 6) is 0.977. The molecule has 1 saturated heterocycles. The van der Waals surface area contributed by atoms with Gasteiger partial charge in [-0.3, -0.25) is 0 Å². The molecule has 1 aliphatic heterocycles. The minimum atomic E-state index is -0.104. The first-order valence-electron chi connectivity index (χ1n) is 7.03. The van der Waals surface area contributed by atoms with Gasteiger partial charge in [0.25, 0.3) is 0 Å². The number of halogens is 1. The van der Waals surface area contributed by atoms with Crippen molar-refractivity contribution in [2.45, 2.75) is 13.8 Å². The molecule has 1 atom stereocenters. The van der Waals surface area contributed by atoms with Crippen molar-refractivity contribution >= 4 is 23.5 Å². The van der Waals surface area contributed by atoms with Crippen molar-refractivity contribution in [2.75, 3.05) is 49.2 Å². The third kappa shape index (κ3) is 4.16. The maximum atomic E-state index is 8.96. The fourth-order valence-electron chi connectivity index (χ4n) is 2.10. The molecule has 1 aromatic rings. The molecule has 0 saturated carbocycles. The third-order valence-corrected chi connectivity index (χ3v) is 3.43. The van der Waals surface area contributed by atoms with Crippen LogP contribution in [0, 0.1) is 17.2 Å². The molecule has 7 nitrogen and oxygen atoms in total. The summed E-state index contributed by atoms with van der Waals surface area (Å²) in [5, 5.41) is 9.13. The molecule has 2 rings (SSSR count). The summed E-state index contributed by atoms with van der Waals surface area (Å²) in [6, 6.07) is 2.22. The minimum absolute atomic E-state index is 0.104. The largest absolute Gasteiger partial charge is 0.378 e. The molecule has 0 aromatic carbocycles. The van der Waals surface area contributed by atoms with E-state index >= 15 is 0 Å². The second kappa shape index (κ2) is 7.38. The lowest BCUT2D eigenvalue weighted by molar-refractivity contribution is 0.122. The van der Waals surface area contributed by atoms with Gasteiger partial charge in [-0.2, -0.15) is 20.2 Å². The van der Waals surface area contributed by atoms with Crippen LogP contribution in [0.15, 0.2) is 0 Å². The van der Waals surface area contributed by atoms with Crippen molar-refractivity contribution in [3.8, 4) is 6.07 Å². The van der Waals surface area contributed by atoms with Gasteiger partial charge in [-0.25, -0.2) is 0 Å². The molecule has 0 aliphatic carbocycles. The lowest BCUT2D eigenvalue weighted by Gasteiger charge is -2.28. The van der Waals surface area contributed by atoms with Crippen LogP contribution in [0.5, 0.6) is 0 Å². The Kier molecular flexibility index (Phi) is 5.53. The van der Waals surface area contributed by atoms with Gasteiger partial charge in [-0.05, 0) is 25.4 Å². The average molecular weight is 311 g/mol. The molecule has 1 aliphatic rings. The molecule has 0 spiro atoms. The van der Waals surface area contributed by atoms with Gasteiger partial charge in [0, 0.05) is 26.2 Å². The number of hydrogen-bond acceptors (Lipinski definition) is 7. The van der Waals surface area contributed by atoms with E-state index in [-0.39, 0.29) is 11.2 Å². The average Bonchev–Trinajstić information content (AvgIpc) is 2.52. The fraction of sp³-hybridized carbons (Fsp3) is 0.692. The fourth-order valence-corrected chi connectivity index (χ4v) is 2.25. The summed E-state index contributed by atoms with van der Waals surface area (Å²) in [7, 11) is 0. The Balaban J connectivity index is 2.22. The highest BCUT2D eigenvalue weighted by atomic mass is 35.5. The van der Waals surface area contributed by atoms with Gasteiger partial charge in [0.15, 0.2) is 0 Å². The molecule has 0 N–H and O–H groups in total. The number of nitrogens with zero attached hydrogens (tertiary/aromatic N) is 6. The summed E-state index contributed by atoms with van der Waals surface area (Å²) in [5.41, 5.74) is 0. The van der Waals surface area contributed by atoms with Crippen LogP contribution in [-0.2, 0) is 4.74 Å².